The number of aliphatic imine (C=N–C) groups is 1. The molecule has 1 atom stereocenters. The average Bonchev–Trinajstić information content (AvgIpc) is 3.41. The first kappa shape index (κ1) is 16.3. The molecule has 0 amide bonds. The van der Waals surface area contributed by atoms with Gasteiger partial charge in [0.05, 0.1) is 6.54 Å². The van der Waals surface area contributed by atoms with Crippen molar-refractivity contribution in [3.63, 3.8) is 0 Å². The molecule has 126 valence electrons. The van der Waals surface area contributed by atoms with Crippen LogP contribution in [0.25, 0.3) is 0 Å². The van der Waals surface area contributed by atoms with E-state index in [9.17, 15) is 0 Å². The first-order chi connectivity index (χ1) is 11.3. The Morgan fingerprint density at radius 1 is 1.26 bits per heavy atom. The summed E-state index contributed by atoms with van der Waals surface area (Å²) in [4.78, 5) is 7.35. The van der Waals surface area contributed by atoms with Gasteiger partial charge in [0.15, 0.2) is 5.96 Å². The molecule has 1 aromatic rings. The molecule has 1 aliphatic carbocycles. The minimum absolute atomic E-state index is 0.472. The molecule has 0 saturated heterocycles. The standard InChI is InChI=1S/C19H30N4/c1-3-20-19(22-13-16-8-9-16)21-12-15(2)23-11-10-17-6-4-5-7-18(17)14-23/h4-7,15-16H,3,8-14H2,1-2H3,(H2,20,21,22). The second kappa shape index (κ2) is 7.82. The SMILES string of the molecule is CCNC(=NCC(C)N1CCc2ccccc2C1)NCC1CC1. The molecule has 1 aliphatic heterocycles. The molecule has 23 heavy (non-hydrogen) atoms. The fourth-order valence-electron chi connectivity index (χ4n) is 3.14. The van der Waals surface area contributed by atoms with Gasteiger partial charge in [0, 0.05) is 32.2 Å². The minimum atomic E-state index is 0.472. The molecule has 3 rings (SSSR count). The van der Waals surface area contributed by atoms with E-state index in [1.807, 2.05) is 0 Å². The van der Waals surface area contributed by atoms with Gasteiger partial charge in [-0.15, -0.1) is 0 Å². The van der Waals surface area contributed by atoms with Crippen LogP contribution in [0.3, 0.4) is 0 Å². The van der Waals surface area contributed by atoms with Crippen LogP contribution in [-0.2, 0) is 13.0 Å². The van der Waals surface area contributed by atoms with Crippen molar-refractivity contribution in [1.29, 1.82) is 0 Å². The lowest BCUT2D eigenvalue weighted by Crippen LogP contribution is -2.42. The van der Waals surface area contributed by atoms with Crippen LogP contribution in [0.4, 0.5) is 0 Å². The smallest absolute Gasteiger partial charge is 0.191 e. The van der Waals surface area contributed by atoms with Crippen LogP contribution < -0.4 is 10.6 Å². The zero-order valence-electron chi connectivity index (χ0n) is 14.5. The molecule has 1 aromatic carbocycles. The van der Waals surface area contributed by atoms with Crippen molar-refractivity contribution >= 4 is 5.96 Å². The topological polar surface area (TPSA) is 39.7 Å². The van der Waals surface area contributed by atoms with Gasteiger partial charge < -0.3 is 10.6 Å². The van der Waals surface area contributed by atoms with Gasteiger partial charge in [0.1, 0.15) is 0 Å². The first-order valence-electron chi connectivity index (χ1n) is 9.09. The maximum atomic E-state index is 4.80. The molecule has 0 bridgehead atoms. The summed E-state index contributed by atoms with van der Waals surface area (Å²) in [6, 6.07) is 9.30. The third-order valence-electron chi connectivity index (χ3n) is 4.90. The van der Waals surface area contributed by atoms with E-state index < -0.39 is 0 Å². The first-order valence-corrected chi connectivity index (χ1v) is 9.09. The van der Waals surface area contributed by atoms with Crippen LogP contribution in [0.5, 0.6) is 0 Å². The average molecular weight is 314 g/mol. The van der Waals surface area contributed by atoms with E-state index >= 15 is 0 Å². The highest BCUT2D eigenvalue weighted by Crippen LogP contribution is 2.27. The summed E-state index contributed by atoms with van der Waals surface area (Å²) in [6.07, 6.45) is 3.90. The highest BCUT2D eigenvalue weighted by atomic mass is 15.2. The van der Waals surface area contributed by atoms with Crippen molar-refractivity contribution in [3.8, 4) is 0 Å². The van der Waals surface area contributed by atoms with Crippen LogP contribution in [0, 0.1) is 5.92 Å². The van der Waals surface area contributed by atoms with Gasteiger partial charge >= 0.3 is 0 Å². The Kier molecular flexibility index (Phi) is 5.55. The molecule has 0 spiro atoms. The zero-order valence-corrected chi connectivity index (χ0v) is 14.5. The van der Waals surface area contributed by atoms with E-state index in [4.69, 9.17) is 4.99 Å². The summed E-state index contributed by atoms with van der Waals surface area (Å²) in [5.74, 6) is 1.85. The second-order valence-electron chi connectivity index (χ2n) is 6.88. The quantitative estimate of drug-likeness (QED) is 0.626. The Morgan fingerprint density at radius 3 is 2.78 bits per heavy atom. The summed E-state index contributed by atoms with van der Waals surface area (Å²) in [7, 11) is 0. The molecule has 1 unspecified atom stereocenters. The largest absolute Gasteiger partial charge is 0.357 e. The van der Waals surface area contributed by atoms with Crippen molar-refractivity contribution in [1.82, 2.24) is 15.5 Å². The van der Waals surface area contributed by atoms with Crippen LogP contribution in [0.2, 0.25) is 0 Å². The number of benzene rings is 1. The van der Waals surface area contributed by atoms with Crippen LogP contribution in [-0.4, -0.2) is 43.1 Å². The Bertz CT molecular complexity index is 536. The fraction of sp³-hybridized carbons (Fsp3) is 0.632. The maximum Gasteiger partial charge on any atom is 0.191 e. The van der Waals surface area contributed by atoms with Crippen molar-refractivity contribution in [3.05, 3.63) is 35.4 Å². The Balaban J connectivity index is 1.52. The predicted octanol–water partition coefficient (Wildman–Crippen LogP) is 2.40. The molecule has 0 aromatic heterocycles. The molecule has 1 fully saturated rings. The van der Waals surface area contributed by atoms with Crippen LogP contribution >= 0.6 is 0 Å². The fourth-order valence-corrected chi connectivity index (χ4v) is 3.14. The summed E-state index contributed by atoms with van der Waals surface area (Å²) in [6.45, 7) is 9.45. The van der Waals surface area contributed by atoms with Crippen molar-refractivity contribution in [2.45, 2.75) is 45.7 Å². The van der Waals surface area contributed by atoms with Crippen molar-refractivity contribution in [2.24, 2.45) is 10.9 Å². The van der Waals surface area contributed by atoms with E-state index in [0.717, 1.165) is 51.0 Å². The molecule has 2 aliphatic rings. The van der Waals surface area contributed by atoms with E-state index in [-0.39, 0.29) is 0 Å². The molecule has 4 heteroatoms. The third-order valence-corrected chi connectivity index (χ3v) is 4.90. The van der Waals surface area contributed by atoms with E-state index in [1.54, 1.807) is 0 Å². The molecule has 2 N–H and O–H groups in total. The van der Waals surface area contributed by atoms with E-state index in [1.165, 1.54) is 24.0 Å². The summed E-state index contributed by atoms with van der Waals surface area (Å²) in [5.41, 5.74) is 2.99. The molecule has 1 saturated carbocycles. The van der Waals surface area contributed by atoms with Gasteiger partial charge in [-0.1, -0.05) is 24.3 Å². The molecule has 1 heterocycles. The highest BCUT2D eigenvalue weighted by Gasteiger charge is 2.22. The third kappa shape index (κ3) is 4.71. The normalized spacial score (nSPS) is 20.0. The maximum absolute atomic E-state index is 4.80. The molecular weight excluding hydrogens is 284 g/mol. The molecular formula is C19H30N4. The van der Waals surface area contributed by atoms with Crippen molar-refractivity contribution in [2.75, 3.05) is 26.2 Å². The molecule has 0 radical (unpaired) electrons. The van der Waals surface area contributed by atoms with Crippen LogP contribution in [0.1, 0.15) is 37.8 Å². The number of guanidine groups is 1. The van der Waals surface area contributed by atoms with Crippen LogP contribution in [0.15, 0.2) is 29.3 Å². The van der Waals surface area contributed by atoms with Gasteiger partial charge in [-0.05, 0) is 50.2 Å². The highest BCUT2D eigenvalue weighted by molar-refractivity contribution is 5.79. The monoisotopic (exact) mass is 314 g/mol. The predicted molar refractivity (Wildman–Crippen MR) is 96.7 cm³/mol. The minimum Gasteiger partial charge on any atom is -0.357 e. The Morgan fingerprint density at radius 2 is 2.04 bits per heavy atom. The Hall–Kier alpha value is -1.55. The summed E-state index contributed by atoms with van der Waals surface area (Å²) >= 11 is 0. The number of nitrogens with zero attached hydrogens (tertiary/aromatic N) is 2. The van der Waals surface area contributed by atoms with Gasteiger partial charge in [0.25, 0.3) is 0 Å². The van der Waals surface area contributed by atoms with Gasteiger partial charge in [-0.25, -0.2) is 0 Å². The zero-order chi connectivity index (χ0) is 16.1. The second-order valence-corrected chi connectivity index (χ2v) is 6.88. The van der Waals surface area contributed by atoms with E-state index in [2.05, 4.69) is 53.6 Å². The number of hydrogen-bond donors (Lipinski definition) is 2. The number of hydrogen-bond acceptors (Lipinski definition) is 2. The lowest BCUT2D eigenvalue weighted by molar-refractivity contribution is 0.195. The van der Waals surface area contributed by atoms with Gasteiger partial charge in [0.2, 0.25) is 0 Å². The summed E-state index contributed by atoms with van der Waals surface area (Å²) < 4.78 is 0. The summed E-state index contributed by atoms with van der Waals surface area (Å²) in [5, 5.41) is 6.84. The molecule has 4 nitrogen and oxygen atoms in total. The number of fused-ring (bicyclic) bond motifs is 1. The number of rotatable bonds is 6. The van der Waals surface area contributed by atoms with Gasteiger partial charge in [-0.3, -0.25) is 9.89 Å². The van der Waals surface area contributed by atoms with E-state index in [0.29, 0.717) is 6.04 Å². The van der Waals surface area contributed by atoms with Crippen molar-refractivity contribution < 1.29 is 0 Å². The number of nitrogens with one attached hydrogen (secondary N) is 2. The lowest BCUT2D eigenvalue weighted by Gasteiger charge is -2.33. The Labute approximate surface area is 140 Å². The van der Waals surface area contributed by atoms with Gasteiger partial charge in [-0.2, -0.15) is 0 Å². The lowest BCUT2D eigenvalue weighted by atomic mass is 9.99.